The summed E-state index contributed by atoms with van der Waals surface area (Å²) in [4.78, 5) is 7.26. The quantitative estimate of drug-likeness (QED) is 0.791. The number of benzene rings is 1. The van der Waals surface area contributed by atoms with Crippen molar-refractivity contribution in [2.75, 3.05) is 11.8 Å². The summed E-state index contributed by atoms with van der Waals surface area (Å²) in [6, 6.07) is 5.17. The van der Waals surface area contributed by atoms with Gasteiger partial charge in [-0.15, -0.1) is 0 Å². The lowest BCUT2D eigenvalue weighted by Crippen LogP contribution is -2.15. The van der Waals surface area contributed by atoms with Crippen LogP contribution in [0, 0.1) is 0 Å². The summed E-state index contributed by atoms with van der Waals surface area (Å²) in [5, 5.41) is -0.0172. The molecule has 0 atom stereocenters. The number of hydrogen-bond acceptors (Lipinski definition) is 5. The van der Waals surface area contributed by atoms with Crippen LogP contribution in [-0.2, 0) is 21.4 Å². The van der Waals surface area contributed by atoms with Crippen molar-refractivity contribution in [3.05, 3.63) is 45.9 Å². The van der Waals surface area contributed by atoms with Crippen LogP contribution in [0.25, 0.3) is 0 Å². The summed E-state index contributed by atoms with van der Waals surface area (Å²) in [6.45, 7) is 0.260. The zero-order chi connectivity index (χ0) is 15.5. The number of nitrogens with one attached hydrogen (secondary N) is 1. The first-order valence-electron chi connectivity index (χ1n) is 5.71. The number of sulfonamides is 1. The summed E-state index contributed by atoms with van der Waals surface area (Å²) >= 11 is 8.91. The second-order valence-electron chi connectivity index (χ2n) is 3.99. The number of nitrogens with zero attached hydrogens (tertiary/aromatic N) is 2. The van der Waals surface area contributed by atoms with Crippen LogP contribution in [0.2, 0.25) is 5.28 Å². The normalized spacial score (nSPS) is 11.4. The molecular weight excluding hydrogens is 382 g/mol. The molecular formula is C12H11BrClN3O3S. The Balaban J connectivity index is 2.37. The average Bonchev–Trinajstić information content (AvgIpc) is 2.43. The smallest absolute Gasteiger partial charge is 0.264 e. The molecule has 1 N–H and O–H groups in total. The third-order valence-electron chi connectivity index (χ3n) is 2.56. The molecule has 2 rings (SSSR count). The van der Waals surface area contributed by atoms with Crippen LogP contribution in [0.4, 0.5) is 5.69 Å². The zero-order valence-corrected chi connectivity index (χ0v) is 14.0. The average molecular weight is 393 g/mol. The van der Waals surface area contributed by atoms with Crippen LogP contribution in [0.5, 0.6) is 0 Å². The van der Waals surface area contributed by atoms with E-state index in [4.69, 9.17) is 16.3 Å². The van der Waals surface area contributed by atoms with E-state index in [1.165, 1.54) is 7.11 Å². The summed E-state index contributed by atoms with van der Waals surface area (Å²) in [7, 11) is -2.27. The Labute approximate surface area is 135 Å². The van der Waals surface area contributed by atoms with Crippen molar-refractivity contribution in [1.29, 1.82) is 0 Å². The molecule has 1 heterocycles. The molecule has 1 aromatic carbocycles. The Bertz CT molecular complexity index is 738. The minimum absolute atomic E-state index is 0.0172. The molecule has 6 nitrogen and oxygen atoms in total. The third kappa shape index (κ3) is 3.91. The van der Waals surface area contributed by atoms with Gasteiger partial charge in [0.1, 0.15) is 4.90 Å². The van der Waals surface area contributed by atoms with Crippen molar-refractivity contribution in [1.82, 2.24) is 9.97 Å². The van der Waals surface area contributed by atoms with Crippen molar-refractivity contribution in [2.45, 2.75) is 11.5 Å². The molecule has 0 bridgehead atoms. The molecule has 1 aromatic heterocycles. The van der Waals surface area contributed by atoms with E-state index in [-0.39, 0.29) is 16.8 Å². The summed E-state index contributed by atoms with van der Waals surface area (Å²) in [5.74, 6) is 0. The molecule has 0 radical (unpaired) electrons. The first-order valence-corrected chi connectivity index (χ1v) is 8.36. The van der Waals surface area contributed by atoms with Crippen LogP contribution >= 0.6 is 27.5 Å². The number of methoxy groups -OCH3 is 1. The number of rotatable bonds is 5. The van der Waals surface area contributed by atoms with Gasteiger partial charge in [0.05, 0.1) is 24.7 Å². The first kappa shape index (κ1) is 16.2. The predicted octanol–water partition coefficient (Wildman–Crippen LogP) is 2.84. The lowest BCUT2D eigenvalue weighted by molar-refractivity contribution is 0.185. The second-order valence-corrected chi connectivity index (χ2v) is 6.87. The minimum Gasteiger partial charge on any atom is -0.380 e. The van der Waals surface area contributed by atoms with E-state index in [1.807, 2.05) is 0 Å². The van der Waals surface area contributed by atoms with Gasteiger partial charge >= 0.3 is 0 Å². The van der Waals surface area contributed by atoms with Crippen LogP contribution in [-0.4, -0.2) is 25.5 Å². The van der Waals surface area contributed by atoms with Crippen LogP contribution in [0.1, 0.15) is 5.56 Å². The Hall–Kier alpha value is -1.22. The molecule has 0 aliphatic heterocycles. The van der Waals surface area contributed by atoms with E-state index in [9.17, 15) is 8.42 Å². The van der Waals surface area contributed by atoms with Gasteiger partial charge in [-0.3, -0.25) is 4.72 Å². The molecule has 0 fully saturated rings. The van der Waals surface area contributed by atoms with Crippen molar-refractivity contribution in [3.8, 4) is 0 Å². The van der Waals surface area contributed by atoms with Crippen molar-refractivity contribution >= 4 is 43.2 Å². The fourth-order valence-electron chi connectivity index (χ4n) is 1.59. The highest BCUT2D eigenvalue weighted by Crippen LogP contribution is 2.27. The fourth-order valence-corrected chi connectivity index (χ4v) is 3.15. The Kier molecular flexibility index (Phi) is 5.15. The molecule has 0 unspecified atom stereocenters. The van der Waals surface area contributed by atoms with Gasteiger partial charge in [0.2, 0.25) is 5.28 Å². The van der Waals surface area contributed by atoms with Gasteiger partial charge in [0.15, 0.2) is 0 Å². The van der Waals surface area contributed by atoms with E-state index in [1.54, 1.807) is 18.2 Å². The molecule has 0 amide bonds. The molecule has 112 valence electrons. The zero-order valence-electron chi connectivity index (χ0n) is 10.9. The Morgan fingerprint density at radius 2 is 2.00 bits per heavy atom. The summed E-state index contributed by atoms with van der Waals surface area (Å²) < 4.78 is 32.9. The molecule has 0 aliphatic carbocycles. The van der Waals surface area contributed by atoms with Gasteiger partial charge in [0.25, 0.3) is 10.0 Å². The topological polar surface area (TPSA) is 81.2 Å². The monoisotopic (exact) mass is 391 g/mol. The van der Waals surface area contributed by atoms with E-state index >= 15 is 0 Å². The molecule has 0 saturated carbocycles. The van der Waals surface area contributed by atoms with Crippen molar-refractivity contribution in [3.63, 3.8) is 0 Å². The molecule has 0 saturated heterocycles. The Morgan fingerprint density at radius 3 is 2.62 bits per heavy atom. The maximum absolute atomic E-state index is 12.3. The highest BCUT2D eigenvalue weighted by Gasteiger charge is 2.18. The largest absolute Gasteiger partial charge is 0.380 e. The summed E-state index contributed by atoms with van der Waals surface area (Å²) in [5.41, 5.74) is 1.11. The molecule has 9 heteroatoms. The minimum atomic E-state index is -3.80. The van der Waals surface area contributed by atoms with E-state index in [0.29, 0.717) is 11.3 Å². The van der Waals surface area contributed by atoms with Crippen LogP contribution in [0.15, 0.2) is 40.0 Å². The number of anilines is 1. The van der Waals surface area contributed by atoms with Gasteiger partial charge in [-0.05, 0) is 23.7 Å². The third-order valence-corrected chi connectivity index (χ3v) is 4.82. The van der Waals surface area contributed by atoms with E-state index in [2.05, 4.69) is 30.6 Å². The van der Waals surface area contributed by atoms with E-state index < -0.39 is 10.0 Å². The molecule has 21 heavy (non-hydrogen) atoms. The van der Waals surface area contributed by atoms with Gasteiger partial charge in [-0.1, -0.05) is 22.0 Å². The van der Waals surface area contributed by atoms with Gasteiger partial charge < -0.3 is 4.74 Å². The van der Waals surface area contributed by atoms with Crippen LogP contribution < -0.4 is 4.72 Å². The first-order chi connectivity index (χ1) is 9.94. The lowest BCUT2D eigenvalue weighted by Gasteiger charge is -2.13. The highest BCUT2D eigenvalue weighted by molar-refractivity contribution is 9.10. The Morgan fingerprint density at radius 1 is 1.33 bits per heavy atom. The maximum Gasteiger partial charge on any atom is 0.264 e. The molecule has 2 aromatic rings. The SMILES string of the molecule is COCc1c(Br)cccc1NS(=O)(=O)c1cnc(Cl)nc1. The standard InChI is InChI=1S/C12H11BrClN3O3S/c1-20-7-9-10(13)3-2-4-11(9)17-21(18,19)8-5-15-12(14)16-6-8/h2-6,17H,7H2,1H3. The van der Waals surface area contributed by atoms with Gasteiger partial charge in [0, 0.05) is 17.1 Å². The lowest BCUT2D eigenvalue weighted by atomic mass is 10.2. The molecule has 0 spiro atoms. The highest BCUT2D eigenvalue weighted by atomic mass is 79.9. The van der Waals surface area contributed by atoms with Gasteiger partial charge in [-0.2, -0.15) is 0 Å². The predicted molar refractivity (Wildman–Crippen MR) is 82.7 cm³/mol. The fraction of sp³-hybridized carbons (Fsp3) is 0.167. The van der Waals surface area contributed by atoms with E-state index in [0.717, 1.165) is 16.9 Å². The van der Waals surface area contributed by atoms with Crippen LogP contribution in [0.3, 0.4) is 0 Å². The maximum atomic E-state index is 12.3. The van der Waals surface area contributed by atoms with Crippen molar-refractivity contribution in [2.24, 2.45) is 0 Å². The molecule has 0 aliphatic rings. The number of aromatic nitrogens is 2. The second kappa shape index (κ2) is 6.69. The van der Waals surface area contributed by atoms with Gasteiger partial charge in [-0.25, -0.2) is 18.4 Å². The number of hydrogen-bond donors (Lipinski definition) is 1. The number of ether oxygens (including phenoxy) is 1. The summed E-state index contributed by atoms with van der Waals surface area (Å²) in [6.07, 6.45) is 2.29. The number of halogens is 2. The van der Waals surface area contributed by atoms with Crippen molar-refractivity contribution < 1.29 is 13.2 Å².